The summed E-state index contributed by atoms with van der Waals surface area (Å²) < 4.78 is 0. The quantitative estimate of drug-likeness (QED) is 0.601. The molecule has 1 heterocycles. The third-order valence-corrected chi connectivity index (χ3v) is 1.61. The first-order valence-electron chi connectivity index (χ1n) is 3.66. The van der Waals surface area contributed by atoms with Gasteiger partial charge in [-0.05, 0) is 17.7 Å². The van der Waals surface area contributed by atoms with Crippen molar-refractivity contribution in [1.29, 1.82) is 0 Å². The van der Waals surface area contributed by atoms with E-state index in [0.717, 1.165) is 5.56 Å². The Balaban J connectivity index is 2.95. The van der Waals surface area contributed by atoms with Crippen molar-refractivity contribution >= 4 is 0 Å². The van der Waals surface area contributed by atoms with Gasteiger partial charge in [0.1, 0.15) is 5.69 Å². The summed E-state index contributed by atoms with van der Waals surface area (Å²) in [7, 11) is 0. The first-order chi connectivity index (χ1) is 5.77. The van der Waals surface area contributed by atoms with E-state index < -0.39 is 0 Å². The van der Waals surface area contributed by atoms with Crippen LogP contribution in [0.3, 0.4) is 0 Å². The van der Waals surface area contributed by atoms with Crippen LogP contribution in [-0.2, 0) is 0 Å². The molecule has 3 nitrogen and oxygen atoms in total. The first-order valence-corrected chi connectivity index (χ1v) is 3.66. The van der Waals surface area contributed by atoms with Crippen LogP contribution in [0.2, 0.25) is 0 Å². The lowest BCUT2D eigenvalue weighted by Crippen LogP contribution is -2.20. The van der Waals surface area contributed by atoms with Gasteiger partial charge < -0.3 is 11.5 Å². The molecule has 3 heteroatoms. The van der Waals surface area contributed by atoms with Crippen LogP contribution < -0.4 is 11.5 Å². The second-order valence-corrected chi connectivity index (χ2v) is 2.46. The summed E-state index contributed by atoms with van der Waals surface area (Å²) in [6.07, 6.45) is 6.81. The summed E-state index contributed by atoms with van der Waals surface area (Å²) in [5.41, 5.74) is 12.6. The molecule has 0 fully saturated rings. The molecule has 0 spiro atoms. The van der Waals surface area contributed by atoms with Crippen molar-refractivity contribution in [3.05, 3.63) is 29.6 Å². The van der Waals surface area contributed by atoms with Crippen molar-refractivity contribution in [1.82, 2.24) is 4.98 Å². The van der Waals surface area contributed by atoms with Crippen LogP contribution in [0.1, 0.15) is 17.3 Å². The number of hydrogen-bond donors (Lipinski definition) is 2. The lowest BCUT2D eigenvalue weighted by Gasteiger charge is -2.07. The standard InChI is InChI=1S/C9H11N3/c1-2-8-5-7(3-4-12-8)9(11)6-10/h1,3-5,9H,6,10-11H2/t9-/m0/s1. The van der Waals surface area contributed by atoms with Gasteiger partial charge in [0.2, 0.25) is 0 Å². The summed E-state index contributed by atoms with van der Waals surface area (Å²) in [5.74, 6) is 2.44. The van der Waals surface area contributed by atoms with Crippen molar-refractivity contribution in [3.63, 3.8) is 0 Å². The summed E-state index contributed by atoms with van der Waals surface area (Å²) in [6.45, 7) is 0.411. The van der Waals surface area contributed by atoms with Crippen LogP contribution >= 0.6 is 0 Å². The number of hydrogen-bond acceptors (Lipinski definition) is 3. The zero-order valence-corrected chi connectivity index (χ0v) is 6.70. The lowest BCUT2D eigenvalue weighted by atomic mass is 10.1. The van der Waals surface area contributed by atoms with Gasteiger partial charge in [-0.3, -0.25) is 0 Å². The fourth-order valence-electron chi connectivity index (χ4n) is 0.893. The van der Waals surface area contributed by atoms with E-state index in [9.17, 15) is 0 Å². The van der Waals surface area contributed by atoms with Crippen LogP contribution in [-0.4, -0.2) is 11.5 Å². The van der Waals surface area contributed by atoms with Gasteiger partial charge >= 0.3 is 0 Å². The van der Waals surface area contributed by atoms with E-state index in [-0.39, 0.29) is 6.04 Å². The van der Waals surface area contributed by atoms with Crippen molar-refractivity contribution in [3.8, 4) is 12.3 Å². The maximum absolute atomic E-state index is 5.70. The molecule has 0 aliphatic carbocycles. The molecule has 0 unspecified atom stereocenters. The molecule has 0 bridgehead atoms. The number of rotatable bonds is 2. The molecular weight excluding hydrogens is 150 g/mol. The number of nitrogens with zero attached hydrogens (tertiary/aromatic N) is 1. The van der Waals surface area contributed by atoms with E-state index in [0.29, 0.717) is 12.2 Å². The van der Waals surface area contributed by atoms with Crippen LogP contribution in [0.25, 0.3) is 0 Å². The molecule has 12 heavy (non-hydrogen) atoms. The van der Waals surface area contributed by atoms with Crippen molar-refractivity contribution < 1.29 is 0 Å². The maximum atomic E-state index is 5.70. The average Bonchev–Trinajstić information content (AvgIpc) is 2.17. The minimum atomic E-state index is -0.153. The van der Waals surface area contributed by atoms with Crippen molar-refractivity contribution in [2.75, 3.05) is 6.54 Å². The lowest BCUT2D eigenvalue weighted by molar-refractivity contribution is 0.735. The molecule has 1 aromatic heterocycles. The third kappa shape index (κ3) is 1.82. The predicted octanol–water partition coefficient (Wildman–Crippen LogP) is 0.0214. The van der Waals surface area contributed by atoms with E-state index in [1.165, 1.54) is 0 Å². The Morgan fingerprint density at radius 2 is 2.42 bits per heavy atom. The second kappa shape index (κ2) is 3.86. The Morgan fingerprint density at radius 3 is 3.00 bits per heavy atom. The van der Waals surface area contributed by atoms with Gasteiger partial charge in [0.25, 0.3) is 0 Å². The van der Waals surface area contributed by atoms with Gasteiger partial charge in [-0.1, -0.05) is 5.92 Å². The highest BCUT2D eigenvalue weighted by Crippen LogP contribution is 2.08. The predicted molar refractivity (Wildman–Crippen MR) is 48.2 cm³/mol. The van der Waals surface area contributed by atoms with Gasteiger partial charge in [-0.2, -0.15) is 0 Å². The monoisotopic (exact) mass is 161 g/mol. The second-order valence-electron chi connectivity index (χ2n) is 2.46. The van der Waals surface area contributed by atoms with Crippen molar-refractivity contribution in [2.45, 2.75) is 6.04 Å². The summed E-state index contributed by atoms with van der Waals surface area (Å²) in [5, 5.41) is 0. The molecule has 0 saturated heterocycles. The molecule has 0 saturated carbocycles. The number of nitrogens with two attached hydrogens (primary N) is 2. The van der Waals surface area contributed by atoms with Gasteiger partial charge in [0, 0.05) is 18.8 Å². The minimum Gasteiger partial charge on any atom is -0.329 e. The zero-order valence-electron chi connectivity index (χ0n) is 6.70. The number of pyridine rings is 1. The SMILES string of the molecule is C#Cc1cc([C@@H](N)CN)ccn1. The summed E-state index contributed by atoms with van der Waals surface area (Å²) in [4.78, 5) is 3.94. The Kier molecular flexibility index (Phi) is 2.81. The normalized spacial score (nSPS) is 12.1. The van der Waals surface area contributed by atoms with Gasteiger partial charge in [-0.25, -0.2) is 4.98 Å². The van der Waals surface area contributed by atoms with E-state index >= 15 is 0 Å². The fraction of sp³-hybridized carbons (Fsp3) is 0.222. The Bertz CT molecular complexity index is 301. The first kappa shape index (κ1) is 8.72. The summed E-state index contributed by atoms with van der Waals surface area (Å²) in [6, 6.07) is 3.44. The van der Waals surface area contributed by atoms with Crippen LogP contribution in [0.5, 0.6) is 0 Å². The molecule has 0 amide bonds. The molecule has 1 rings (SSSR count). The van der Waals surface area contributed by atoms with Gasteiger partial charge in [-0.15, -0.1) is 6.42 Å². The molecule has 0 aliphatic heterocycles. The van der Waals surface area contributed by atoms with E-state index in [1.54, 1.807) is 12.3 Å². The molecule has 1 atom stereocenters. The highest BCUT2D eigenvalue weighted by Gasteiger charge is 2.02. The molecule has 1 aromatic rings. The third-order valence-electron chi connectivity index (χ3n) is 1.61. The summed E-state index contributed by atoms with van der Waals surface area (Å²) >= 11 is 0. The fourth-order valence-corrected chi connectivity index (χ4v) is 0.893. The molecular formula is C9H11N3. The van der Waals surface area contributed by atoms with E-state index in [1.807, 2.05) is 6.07 Å². The van der Waals surface area contributed by atoms with Crippen LogP contribution in [0.15, 0.2) is 18.3 Å². The Hall–Kier alpha value is -1.37. The van der Waals surface area contributed by atoms with E-state index in [2.05, 4.69) is 10.9 Å². The number of terminal acetylenes is 1. The topological polar surface area (TPSA) is 64.9 Å². The van der Waals surface area contributed by atoms with Gasteiger partial charge in [0.05, 0.1) is 0 Å². The molecule has 62 valence electrons. The van der Waals surface area contributed by atoms with Crippen LogP contribution in [0.4, 0.5) is 0 Å². The van der Waals surface area contributed by atoms with Gasteiger partial charge in [0.15, 0.2) is 0 Å². The maximum Gasteiger partial charge on any atom is 0.113 e. The average molecular weight is 161 g/mol. The Morgan fingerprint density at radius 1 is 1.67 bits per heavy atom. The Labute approximate surface area is 71.8 Å². The van der Waals surface area contributed by atoms with E-state index in [4.69, 9.17) is 17.9 Å². The highest BCUT2D eigenvalue weighted by molar-refractivity contribution is 5.29. The highest BCUT2D eigenvalue weighted by atomic mass is 14.7. The molecule has 0 aromatic carbocycles. The van der Waals surface area contributed by atoms with Crippen molar-refractivity contribution in [2.24, 2.45) is 11.5 Å². The van der Waals surface area contributed by atoms with Crippen LogP contribution in [0, 0.1) is 12.3 Å². The minimum absolute atomic E-state index is 0.153. The molecule has 0 aliphatic rings. The zero-order chi connectivity index (χ0) is 8.97. The number of aromatic nitrogens is 1. The largest absolute Gasteiger partial charge is 0.329 e. The molecule has 4 N–H and O–H groups in total. The smallest absolute Gasteiger partial charge is 0.113 e. The molecule has 0 radical (unpaired) electrons.